The van der Waals surface area contributed by atoms with E-state index in [9.17, 15) is 0 Å². The number of nitrogens with zero attached hydrogens (tertiary/aromatic N) is 1. The van der Waals surface area contributed by atoms with Crippen molar-refractivity contribution in [2.75, 3.05) is 18.8 Å². The maximum atomic E-state index is 5.75. The number of nitrogens with two attached hydrogens (primary N) is 1. The van der Waals surface area contributed by atoms with E-state index in [1.807, 2.05) is 12.1 Å². The lowest BCUT2D eigenvalue weighted by Crippen LogP contribution is -2.28. The molecule has 0 spiro atoms. The van der Waals surface area contributed by atoms with Crippen LogP contribution in [0.5, 0.6) is 0 Å². The van der Waals surface area contributed by atoms with Crippen molar-refractivity contribution in [2.45, 2.75) is 46.1 Å². The molecule has 0 amide bonds. The van der Waals surface area contributed by atoms with Gasteiger partial charge in [0.05, 0.1) is 0 Å². The maximum Gasteiger partial charge on any atom is 0.0320 e. The van der Waals surface area contributed by atoms with Crippen LogP contribution in [0.4, 0.5) is 5.69 Å². The summed E-state index contributed by atoms with van der Waals surface area (Å²) in [5.74, 6) is 0. The largest absolute Gasteiger partial charge is 0.399 e. The summed E-state index contributed by atoms with van der Waals surface area (Å²) in [4.78, 5) is 2.62. The minimum absolute atomic E-state index is 0.505. The summed E-state index contributed by atoms with van der Waals surface area (Å²) in [5.41, 5.74) is 8.54. The molecule has 0 bridgehead atoms. The highest BCUT2D eigenvalue weighted by Gasteiger charge is 2.36. The van der Waals surface area contributed by atoms with Gasteiger partial charge in [-0.25, -0.2) is 0 Å². The van der Waals surface area contributed by atoms with Crippen LogP contribution in [-0.4, -0.2) is 18.0 Å². The molecular weight excluding hydrogens is 220 g/mol. The van der Waals surface area contributed by atoms with Gasteiger partial charge in [0.2, 0.25) is 0 Å². The zero-order valence-corrected chi connectivity index (χ0v) is 11.9. The lowest BCUT2D eigenvalue weighted by atomic mass is 9.82. The van der Waals surface area contributed by atoms with Crippen molar-refractivity contribution in [1.82, 2.24) is 4.90 Å². The van der Waals surface area contributed by atoms with Crippen molar-refractivity contribution in [2.24, 2.45) is 5.41 Å². The van der Waals surface area contributed by atoms with Crippen molar-refractivity contribution >= 4 is 5.69 Å². The predicted molar refractivity (Wildman–Crippen MR) is 78.5 cm³/mol. The van der Waals surface area contributed by atoms with Gasteiger partial charge in [0.1, 0.15) is 0 Å². The monoisotopic (exact) mass is 246 g/mol. The van der Waals surface area contributed by atoms with Crippen LogP contribution in [0.3, 0.4) is 0 Å². The van der Waals surface area contributed by atoms with E-state index < -0.39 is 0 Å². The number of nitrogen functional groups attached to an aromatic ring is 1. The zero-order chi connectivity index (χ0) is 13.2. The molecule has 0 aromatic heterocycles. The Kier molecular flexibility index (Phi) is 3.96. The molecule has 1 saturated heterocycles. The first-order valence-electron chi connectivity index (χ1n) is 7.20. The highest BCUT2D eigenvalue weighted by molar-refractivity contribution is 5.40. The quantitative estimate of drug-likeness (QED) is 0.818. The topological polar surface area (TPSA) is 29.3 Å². The highest BCUT2D eigenvalue weighted by Crippen LogP contribution is 2.40. The van der Waals surface area contributed by atoms with Gasteiger partial charge in [0, 0.05) is 18.3 Å². The number of rotatable bonds is 4. The second-order valence-electron chi connectivity index (χ2n) is 5.77. The first-order chi connectivity index (χ1) is 8.60. The van der Waals surface area contributed by atoms with Gasteiger partial charge in [-0.2, -0.15) is 0 Å². The van der Waals surface area contributed by atoms with Crippen LogP contribution in [0.1, 0.15) is 51.6 Å². The van der Waals surface area contributed by atoms with Gasteiger partial charge < -0.3 is 5.73 Å². The Labute approximate surface area is 111 Å². The summed E-state index contributed by atoms with van der Waals surface area (Å²) in [6.07, 6.45) is 3.95. The first kappa shape index (κ1) is 13.4. The molecule has 18 heavy (non-hydrogen) atoms. The molecule has 1 heterocycles. The molecule has 1 unspecified atom stereocenters. The van der Waals surface area contributed by atoms with Gasteiger partial charge in [0.15, 0.2) is 0 Å². The van der Waals surface area contributed by atoms with Crippen LogP contribution < -0.4 is 5.73 Å². The van der Waals surface area contributed by atoms with Gasteiger partial charge in [0.25, 0.3) is 0 Å². The molecule has 1 aliphatic heterocycles. The van der Waals surface area contributed by atoms with Crippen LogP contribution in [0.15, 0.2) is 24.3 Å². The molecule has 0 aliphatic carbocycles. The van der Waals surface area contributed by atoms with Gasteiger partial charge >= 0.3 is 0 Å². The fourth-order valence-electron chi connectivity index (χ4n) is 3.11. The first-order valence-corrected chi connectivity index (χ1v) is 7.20. The van der Waals surface area contributed by atoms with E-state index in [2.05, 4.69) is 37.8 Å². The number of hydrogen-bond donors (Lipinski definition) is 1. The van der Waals surface area contributed by atoms with E-state index in [1.54, 1.807) is 0 Å². The van der Waals surface area contributed by atoms with Gasteiger partial charge in [-0.1, -0.05) is 26.0 Å². The molecule has 0 saturated carbocycles. The van der Waals surface area contributed by atoms with Crippen LogP contribution in [0.25, 0.3) is 0 Å². The predicted octanol–water partition coefficient (Wildman–Crippen LogP) is 3.84. The van der Waals surface area contributed by atoms with E-state index in [-0.39, 0.29) is 0 Å². The van der Waals surface area contributed by atoms with E-state index in [4.69, 9.17) is 5.73 Å². The number of likely N-dealkylation sites (tertiary alicyclic amines) is 1. The lowest BCUT2D eigenvalue weighted by Gasteiger charge is -2.29. The summed E-state index contributed by atoms with van der Waals surface area (Å²) in [5, 5.41) is 0. The van der Waals surface area contributed by atoms with Crippen LogP contribution in [0.2, 0.25) is 0 Å². The molecule has 0 radical (unpaired) electrons. The number of anilines is 1. The van der Waals surface area contributed by atoms with Crippen molar-refractivity contribution in [1.29, 1.82) is 0 Å². The summed E-state index contributed by atoms with van der Waals surface area (Å²) in [7, 11) is 0. The van der Waals surface area contributed by atoms with Crippen molar-refractivity contribution in [3.63, 3.8) is 0 Å². The third kappa shape index (κ3) is 2.54. The molecule has 2 N–H and O–H groups in total. The molecule has 2 nitrogen and oxygen atoms in total. The third-order valence-corrected chi connectivity index (χ3v) is 4.93. The highest BCUT2D eigenvalue weighted by atomic mass is 15.2. The van der Waals surface area contributed by atoms with Crippen LogP contribution in [-0.2, 0) is 0 Å². The number of hydrogen-bond acceptors (Lipinski definition) is 2. The molecule has 2 rings (SSSR count). The van der Waals surface area contributed by atoms with E-state index in [0.717, 1.165) is 5.69 Å². The van der Waals surface area contributed by atoms with E-state index >= 15 is 0 Å². The van der Waals surface area contributed by atoms with Crippen LogP contribution >= 0.6 is 0 Å². The fraction of sp³-hybridized carbons (Fsp3) is 0.625. The summed E-state index contributed by atoms with van der Waals surface area (Å²) in [6.45, 7) is 9.45. The minimum atomic E-state index is 0.505. The third-order valence-electron chi connectivity index (χ3n) is 4.93. The molecule has 1 aromatic rings. The Bertz CT molecular complexity index is 379. The van der Waals surface area contributed by atoms with Crippen molar-refractivity contribution in [3.05, 3.63) is 29.8 Å². The minimum Gasteiger partial charge on any atom is -0.399 e. The maximum absolute atomic E-state index is 5.75. The van der Waals surface area contributed by atoms with E-state index in [0.29, 0.717) is 11.5 Å². The molecule has 1 fully saturated rings. The molecule has 1 atom stereocenters. The Morgan fingerprint density at radius 3 is 2.33 bits per heavy atom. The molecule has 2 heteroatoms. The average molecular weight is 246 g/mol. The second-order valence-corrected chi connectivity index (χ2v) is 5.77. The van der Waals surface area contributed by atoms with E-state index in [1.165, 1.54) is 37.9 Å². The van der Waals surface area contributed by atoms with Crippen molar-refractivity contribution in [3.8, 4) is 0 Å². The molecule has 1 aromatic carbocycles. The average Bonchev–Trinajstić information content (AvgIpc) is 2.84. The Balaban J connectivity index is 2.07. The Hall–Kier alpha value is -1.02. The van der Waals surface area contributed by atoms with Crippen LogP contribution in [0, 0.1) is 5.41 Å². The molecule has 1 aliphatic rings. The fourth-order valence-corrected chi connectivity index (χ4v) is 3.11. The zero-order valence-electron chi connectivity index (χ0n) is 11.9. The second kappa shape index (κ2) is 5.31. The van der Waals surface area contributed by atoms with Gasteiger partial charge in [-0.15, -0.1) is 0 Å². The SMILES string of the molecule is CCC1(CC)CCN(C(C)c2ccc(N)cc2)C1. The van der Waals surface area contributed by atoms with Gasteiger partial charge in [-0.05, 0) is 55.8 Å². The summed E-state index contributed by atoms with van der Waals surface area (Å²) in [6, 6.07) is 8.85. The number of benzene rings is 1. The standard InChI is InChI=1S/C16H26N2/c1-4-16(5-2)10-11-18(12-16)13(3)14-6-8-15(17)9-7-14/h6-9,13H,4-5,10-12,17H2,1-3H3. The van der Waals surface area contributed by atoms with Crippen molar-refractivity contribution < 1.29 is 0 Å². The summed E-state index contributed by atoms with van der Waals surface area (Å²) < 4.78 is 0. The Morgan fingerprint density at radius 1 is 1.22 bits per heavy atom. The molecule has 100 valence electrons. The molecular formula is C16H26N2. The normalized spacial score (nSPS) is 21.1. The van der Waals surface area contributed by atoms with Gasteiger partial charge in [-0.3, -0.25) is 4.90 Å². The lowest BCUT2D eigenvalue weighted by molar-refractivity contribution is 0.204. The summed E-state index contributed by atoms with van der Waals surface area (Å²) >= 11 is 0. The smallest absolute Gasteiger partial charge is 0.0320 e. The Morgan fingerprint density at radius 2 is 1.83 bits per heavy atom.